The van der Waals surface area contributed by atoms with E-state index in [2.05, 4.69) is 26.0 Å². The summed E-state index contributed by atoms with van der Waals surface area (Å²) in [7, 11) is -3.12. The highest BCUT2D eigenvalue weighted by Crippen LogP contribution is 2.33. The Morgan fingerprint density at radius 3 is 2.95 bits per heavy atom. The average molecular weight is 363 g/mol. The number of fused-ring (bicyclic) bond motifs is 1. The number of sulfonamides is 1. The first-order valence-electron chi connectivity index (χ1n) is 6.56. The van der Waals surface area contributed by atoms with Crippen LogP contribution in [0.15, 0.2) is 22.7 Å². The van der Waals surface area contributed by atoms with Crippen LogP contribution in [0.5, 0.6) is 5.75 Å². The van der Waals surface area contributed by atoms with E-state index in [4.69, 9.17) is 4.74 Å². The van der Waals surface area contributed by atoms with E-state index in [1.807, 2.05) is 18.2 Å². The Morgan fingerprint density at radius 1 is 1.40 bits per heavy atom. The molecule has 0 saturated heterocycles. The van der Waals surface area contributed by atoms with Crippen LogP contribution in [0.25, 0.3) is 0 Å². The third-order valence-corrected chi connectivity index (χ3v) is 4.35. The Balaban J connectivity index is 1.98. The summed E-state index contributed by atoms with van der Waals surface area (Å²) >= 11 is 3.44. The zero-order valence-electron chi connectivity index (χ0n) is 11.4. The molecule has 0 radical (unpaired) electrons. The molecule has 0 bridgehead atoms. The lowest BCUT2D eigenvalue weighted by molar-refractivity contribution is 0.315. The summed E-state index contributed by atoms with van der Waals surface area (Å²) < 4.78 is 31.2. The van der Waals surface area contributed by atoms with Crippen molar-refractivity contribution in [2.24, 2.45) is 0 Å². The van der Waals surface area contributed by atoms with Crippen LogP contribution in [0, 0.1) is 0 Å². The lowest BCUT2D eigenvalue weighted by Crippen LogP contribution is -2.33. The van der Waals surface area contributed by atoms with Crippen molar-refractivity contribution in [2.75, 3.05) is 26.0 Å². The molecular formula is C13H19BrN2O3S. The molecule has 1 aromatic rings. The number of hydrogen-bond acceptors (Lipinski definition) is 4. The van der Waals surface area contributed by atoms with Crippen molar-refractivity contribution in [1.29, 1.82) is 0 Å². The average Bonchev–Trinajstić information content (AvgIpc) is 2.55. The second-order valence-corrected chi connectivity index (χ2v) is 7.59. The van der Waals surface area contributed by atoms with Crippen LogP contribution in [0.1, 0.15) is 24.4 Å². The standard InChI is InChI=1S/C13H19BrN2O3S/c1-20(17,18)16-7-6-15-12-3-2-8-19-13-9-10(14)4-5-11(12)13/h4-5,9,12,15-16H,2-3,6-8H2,1H3. The Hall–Kier alpha value is -0.630. The van der Waals surface area contributed by atoms with Crippen molar-refractivity contribution in [3.05, 3.63) is 28.2 Å². The van der Waals surface area contributed by atoms with Crippen LogP contribution in [0.4, 0.5) is 0 Å². The summed E-state index contributed by atoms with van der Waals surface area (Å²) in [6.45, 7) is 1.69. The first-order valence-corrected chi connectivity index (χ1v) is 9.24. The molecule has 2 rings (SSSR count). The van der Waals surface area contributed by atoms with Crippen LogP contribution in [0.3, 0.4) is 0 Å². The van der Waals surface area contributed by atoms with Crippen LogP contribution in [-0.2, 0) is 10.0 Å². The fourth-order valence-electron chi connectivity index (χ4n) is 2.24. The van der Waals surface area contributed by atoms with Gasteiger partial charge in [0.2, 0.25) is 10.0 Å². The SMILES string of the molecule is CS(=O)(=O)NCCNC1CCCOc2cc(Br)ccc21. The quantitative estimate of drug-likeness (QED) is 0.783. The molecular weight excluding hydrogens is 344 g/mol. The molecule has 7 heteroatoms. The number of nitrogens with one attached hydrogen (secondary N) is 2. The Bertz CT molecular complexity index is 563. The van der Waals surface area contributed by atoms with Crippen LogP contribution in [0.2, 0.25) is 0 Å². The second-order valence-electron chi connectivity index (χ2n) is 4.85. The predicted molar refractivity (Wildman–Crippen MR) is 82.5 cm³/mol. The maximum absolute atomic E-state index is 11.0. The van der Waals surface area contributed by atoms with Crippen molar-refractivity contribution in [1.82, 2.24) is 10.0 Å². The molecule has 1 unspecified atom stereocenters. The Kier molecular flexibility index (Phi) is 5.42. The van der Waals surface area contributed by atoms with Gasteiger partial charge in [0.15, 0.2) is 0 Å². The molecule has 0 amide bonds. The molecule has 20 heavy (non-hydrogen) atoms. The molecule has 0 aromatic heterocycles. The van der Waals surface area contributed by atoms with Gasteiger partial charge in [-0.15, -0.1) is 0 Å². The predicted octanol–water partition coefficient (Wildman–Crippen LogP) is 1.80. The van der Waals surface area contributed by atoms with E-state index in [9.17, 15) is 8.42 Å². The first kappa shape index (κ1) is 15.8. The Labute approximate surface area is 128 Å². The summed E-state index contributed by atoms with van der Waals surface area (Å²) in [6, 6.07) is 6.22. The fourth-order valence-corrected chi connectivity index (χ4v) is 3.05. The van der Waals surface area contributed by atoms with E-state index in [1.165, 1.54) is 6.26 Å². The molecule has 1 aromatic carbocycles. The van der Waals surface area contributed by atoms with Crippen LogP contribution >= 0.6 is 15.9 Å². The van der Waals surface area contributed by atoms with Gasteiger partial charge in [0.25, 0.3) is 0 Å². The lowest BCUT2D eigenvalue weighted by atomic mass is 10.0. The minimum absolute atomic E-state index is 0.196. The third kappa shape index (κ3) is 4.73. The monoisotopic (exact) mass is 362 g/mol. The van der Waals surface area contributed by atoms with Crippen LogP contribution < -0.4 is 14.8 Å². The van der Waals surface area contributed by atoms with E-state index in [1.54, 1.807) is 0 Å². The molecule has 112 valence electrons. The third-order valence-electron chi connectivity index (χ3n) is 3.13. The molecule has 0 saturated carbocycles. The molecule has 0 aliphatic carbocycles. The van der Waals surface area contributed by atoms with Gasteiger partial charge in [-0.25, -0.2) is 13.1 Å². The first-order chi connectivity index (χ1) is 9.46. The van der Waals surface area contributed by atoms with Gasteiger partial charge in [-0.1, -0.05) is 22.0 Å². The van der Waals surface area contributed by atoms with Crippen molar-refractivity contribution < 1.29 is 13.2 Å². The maximum Gasteiger partial charge on any atom is 0.208 e. The van der Waals surface area contributed by atoms with Gasteiger partial charge in [-0.05, 0) is 25.0 Å². The molecule has 1 aliphatic rings. The smallest absolute Gasteiger partial charge is 0.208 e. The van der Waals surface area contributed by atoms with Crippen LogP contribution in [-0.4, -0.2) is 34.4 Å². The summed E-state index contributed by atoms with van der Waals surface area (Å²) in [5.74, 6) is 0.894. The summed E-state index contributed by atoms with van der Waals surface area (Å²) in [5, 5.41) is 3.39. The molecule has 0 spiro atoms. The summed E-state index contributed by atoms with van der Waals surface area (Å²) in [4.78, 5) is 0. The normalized spacial score (nSPS) is 19.0. The van der Waals surface area contributed by atoms with E-state index in [0.29, 0.717) is 19.7 Å². The Morgan fingerprint density at radius 2 is 2.20 bits per heavy atom. The number of hydrogen-bond donors (Lipinski definition) is 2. The van der Waals surface area contributed by atoms with Gasteiger partial charge >= 0.3 is 0 Å². The highest BCUT2D eigenvalue weighted by atomic mass is 79.9. The number of benzene rings is 1. The summed E-state index contributed by atoms with van der Waals surface area (Å²) in [5.41, 5.74) is 1.13. The summed E-state index contributed by atoms with van der Waals surface area (Å²) in [6.07, 6.45) is 3.12. The van der Waals surface area contributed by atoms with Crippen molar-refractivity contribution in [2.45, 2.75) is 18.9 Å². The van der Waals surface area contributed by atoms with Gasteiger partial charge < -0.3 is 10.1 Å². The van der Waals surface area contributed by atoms with E-state index in [0.717, 1.165) is 28.6 Å². The van der Waals surface area contributed by atoms with Crippen molar-refractivity contribution in [3.63, 3.8) is 0 Å². The molecule has 1 atom stereocenters. The topological polar surface area (TPSA) is 67.4 Å². The van der Waals surface area contributed by atoms with Gasteiger partial charge in [0, 0.05) is 29.2 Å². The largest absolute Gasteiger partial charge is 0.493 e. The fraction of sp³-hybridized carbons (Fsp3) is 0.538. The zero-order valence-corrected chi connectivity index (χ0v) is 13.8. The van der Waals surface area contributed by atoms with Gasteiger partial charge in [0.1, 0.15) is 5.75 Å². The lowest BCUT2D eigenvalue weighted by Gasteiger charge is -2.18. The maximum atomic E-state index is 11.0. The van der Waals surface area contributed by atoms with Gasteiger partial charge in [-0.2, -0.15) is 0 Å². The second kappa shape index (κ2) is 6.89. The van der Waals surface area contributed by atoms with Gasteiger partial charge in [-0.3, -0.25) is 0 Å². The molecule has 1 heterocycles. The minimum Gasteiger partial charge on any atom is -0.493 e. The number of rotatable bonds is 5. The van der Waals surface area contributed by atoms with E-state index < -0.39 is 10.0 Å². The molecule has 2 N–H and O–H groups in total. The minimum atomic E-state index is -3.12. The van der Waals surface area contributed by atoms with E-state index >= 15 is 0 Å². The van der Waals surface area contributed by atoms with Crippen molar-refractivity contribution in [3.8, 4) is 5.75 Å². The zero-order chi connectivity index (χ0) is 14.6. The highest BCUT2D eigenvalue weighted by Gasteiger charge is 2.19. The number of halogens is 1. The van der Waals surface area contributed by atoms with E-state index in [-0.39, 0.29) is 6.04 Å². The van der Waals surface area contributed by atoms with Gasteiger partial charge in [0.05, 0.1) is 12.9 Å². The van der Waals surface area contributed by atoms with Crippen molar-refractivity contribution >= 4 is 26.0 Å². The molecule has 0 fully saturated rings. The molecule has 5 nitrogen and oxygen atoms in total. The molecule has 1 aliphatic heterocycles. The number of ether oxygens (including phenoxy) is 1. The highest BCUT2D eigenvalue weighted by molar-refractivity contribution is 9.10.